The molecule has 104 valence electrons. The number of nitrogens with one attached hydrogen (secondary N) is 1. The molecule has 3 rings (SSSR count). The topological polar surface area (TPSA) is 59.8 Å². The van der Waals surface area contributed by atoms with E-state index in [4.69, 9.17) is 15.2 Å². The standard InChI is InChI=1S/C13H16Br2N2O2/c1-5-7-3-4-17-10(7)9(15)12(8(5)14)18-6(2)11-13(16)19-11/h6,11,13,17H,3-4,16H2,1-2H3. The fraction of sp³-hybridized carbons (Fsp3) is 0.538. The van der Waals surface area contributed by atoms with Gasteiger partial charge in [-0.25, -0.2) is 0 Å². The molecular weight excluding hydrogens is 376 g/mol. The third-order valence-electron chi connectivity index (χ3n) is 3.71. The van der Waals surface area contributed by atoms with E-state index in [1.807, 2.05) is 6.92 Å². The Bertz CT molecular complexity index is 536. The number of halogens is 2. The largest absolute Gasteiger partial charge is 0.485 e. The van der Waals surface area contributed by atoms with Crippen LogP contribution < -0.4 is 15.8 Å². The number of epoxide rings is 1. The van der Waals surface area contributed by atoms with E-state index in [0.29, 0.717) is 0 Å². The van der Waals surface area contributed by atoms with E-state index in [0.717, 1.165) is 33.3 Å². The van der Waals surface area contributed by atoms with Crippen molar-refractivity contribution in [2.24, 2.45) is 5.73 Å². The normalized spacial score (nSPS) is 25.7. The molecule has 3 N–H and O–H groups in total. The zero-order chi connectivity index (χ0) is 13.7. The van der Waals surface area contributed by atoms with Crippen LogP contribution in [0.1, 0.15) is 18.1 Å². The summed E-state index contributed by atoms with van der Waals surface area (Å²) in [6.07, 6.45) is 0.771. The van der Waals surface area contributed by atoms with Gasteiger partial charge in [0.25, 0.3) is 0 Å². The molecular formula is C13H16Br2N2O2. The molecule has 0 aromatic heterocycles. The summed E-state index contributed by atoms with van der Waals surface area (Å²) in [7, 11) is 0. The molecule has 2 aliphatic rings. The van der Waals surface area contributed by atoms with Gasteiger partial charge in [0, 0.05) is 6.54 Å². The molecule has 2 aliphatic heterocycles. The Morgan fingerprint density at radius 1 is 1.42 bits per heavy atom. The zero-order valence-corrected chi connectivity index (χ0v) is 14.0. The monoisotopic (exact) mass is 390 g/mol. The van der Waals surface area contributed by atoms with Gasteiger partial charge in [-0.05, 0) is 63.3 Å². The molecule has 19 heavy (non-hydrogen) atoms. The number of nitrogens with two attached hydrogens (primary N) is 1. The van der Waals surface area contributed by atoms with Crippen LogP contribution in [0.3, 0.4) is 0 Å². The van der Waals surface area contributed by atoms with Crippen molar-refractivity contribution in [2.75, 3.05) is 11.9 Å². The smallest absolute Gasteiger partial charge is 0.150 e. The first kappa shape index (κ1) is 13.7. The molecule has 6 heteroatoms. The van der Waals surface area contributed by atoms with E-state index in [-0.39, 0.29) is 18.4 Å². The first-order valence-electron chi connectivity index (χ1n) is 6.32. The van der Waals surface area contributed by atoms with Crippen LogP contribution in [0.25, 0.3) is 0 Å². The van der Waals surface area contributed by atoms with Crippen LogP contribution in [0, 0.1) is 6.92 Å². The summed E-state index contributed by atoms with van der Waals surface area (Å²) in [5.74, 6) is 0.820. The van der Waals surface area contributed by atoms with Gasteiger partial charge in [0.2, 0.25) is 0 Å². The number of hydrogen-bond acceptors (Lipinski definition) is 4. The minimum absolute atomic E-state index is 0.0136. The summed E-state index contributed by atoms with van der Waals surface area (Å²) >= 11 is 7.28. The van der Waals surface area contributed by atoms with Gasteiger partial charge in [-0.2, -0.15) is 0 Å². The second-order valence-corrected chi connectivity index (χ2v) is 6.59. The van der Waals surface area contributed by atoms with Crippen LogP contribution in [0.2, 0.25) is 0 Å². The average molecular weight is 392 g/mol. The van der Waals surface area contributed by atoms with Crippen molar-refractivity contribution in [1.82, 2.24) is 0 Å². The number of anilines is 1. The molecule has 0 aliphatic carbocycles. The predicted molar refractivity (Wildman–Crippen MR) is 81.7 cm³/mol. The zero-order valence-electron chi connectivity index (χ0n) is 10.8. The molecule has 4 nitrogen and oxygen atoms in total. The van der Waals surface area contributed by atoms with Gasteiger partial charge in [-0.15, -0.1) is 0 Å². The van der Waals surface area contributed by atoms with Gasteiger partial charge < -0.3 is 20.5 Å². The van der Waals surface area contributed by atoms with Crippen molar-refractivity contribution >= 4 is 37.5 Å². The summed E-state index contributed by atoms with van der Waals surface area (Å²) in [4.78, 5) is 0. The Morgan fingerprint density at radius 3 is 2.74 bits per heavy atom. The Hall–Kier alpha value is -0.300. The van der Waals surface area contributed by atoms with E-state index in [9.17, 15) is 0 Å². The van der Waals surface area contributed by atoms with Gasteiger partial charge in [-0.3, -0.25) is 0 Å². The molecule has 0 saturated carbocycles. The SMILES string of the molecule is Cc1c(Br)c(OC(C)C2OC2N)c(Br)c2c1CCN2. The Balaban J connectivity index is 1.95. The van der Waals surface area contributed by atoms with E-state index in [2.05, 4.69) is 44.1 Å². The van der Waals surface area contributed by atoms with E-state index >= 15 is 0 Å². The third-order valence-corrected chi connectivity index (χ3v) is 5.42. The molecule has 1 fully saturated rings. The van der Waals surface area contributed by atoms with Crippen molar-refractivity contribution in [3.05, 3.63) is 20.1 Å². The van der Waals surface area contributed by atoms with Crippen LogP contribution in [0.5, 0.6) is 5.75 Å². The quantitative estimate of drug-likeness (QED) is 0.777. The molecule has 0 amide bonds. The second kappa shape index (κ2) is 4.91. The third kappa shape index (κ3) is 2.28. The second-order valence-electron chi connectivity index (χ2n) is 5.00. The number of fused-ring (bicyclic) bond motifs is 1. The molecule has 1 saturated heterocycles. The van der Waals surface area contributed by atoms with Gasteiger partial charge in [0.1, 0.15) is 18.4 Å². The van der Waals surface area contributed by atoms with Crippen LogP contribution in [0.15, 0.2) is 8.95 Å². The van der Waals surface area contributed by atoms with Crippen LogP contribution >= 0.6 is 31.9 Å². The van der Waals surface area contributed by atoms with E-state index < -0.39 is 0 Å². The van der Waals surface area contributed by atoms with Crippen LogP contribution in [-0.2, 0) is 11.2 Å². The first-order valence-corrected chi connectivity index (χ1v) is 7.91. The predicted octanol–water partition coefficient (Wildman–Crippen LogP) is 2.94. The minimum atomic E-state index is -0.193. The summed E-state index contributed by atoms with van der Waals surface area (Å²) in [5, 5.41) is 3.40. The summed E-state index contributed by atoms with van der Waals surface area (Å²) < 4.78 is 13.3. The summed E-state index contributed by atoms with van der Waals surface area (Å²) in [6.45, 7) is 5.06. The summed E-state index contributed by atoms with van der Waals surface area (Å²) in [6, 6.07) is 0. The minimum Gasteiger partial charge on any atom is -0.485 e. The van der Waals surface area contributed by atoms with Crippen molar-refractivity contribution in [3.63, 3.8) is 0 Å². The molecule has 0 radical (unpaired) electrons. The fourth-order valence-corrected chi connectivity index (χ4v) is 3.98. The highest BCUT2D eigenvalue weighted by Crippen LogP contribution is 2.46. The molecule has 3 atom stereocenters. The van der Waals surface area contributed by atoms with Crippen molar-refractivity contribution in [3.8, 4) is 5.75 Å². The van der Waals surface area contributed by atoms with Gasteiger partial charge in [0.15, 0.2) is 5.75 Å². The lowest BCUT2D eigenvalue weighted by Gasteiger charge is -2.19. The Morgan fingerprint density at radius 2 is 2.11 bits per heavy atom. The molecule has 0 spiro atoms. The number of rotatable bonds is 3. The maximum atomic E-state index is 6.04. The lowest BCUT2D eigenvalue weighted by Crippen LogP contribution is -2.24. The lowest BCUT2D eigenvalue weighted by molar-refractivity contribution is 0.174. The number of hydrogen-bond donors (Lipinski definition) is 2. The van der Waals surface area contributed by atoms with Crippen LogP contribution in [-0.4, -0.2) is 25.0 Å². The summed E-state index contributed by atoms with van der Waals surface area (Å²) in [5.41, 5.74) is 9.40. The van der Waals surface area contributed by atoms with Crippen LogP contribution in [0.4, 0.5) is 5.69 Å². The number of benzene rings is 1. The Kier molecular flexibility index (Phi) is 3.53. The maximum Gasteiger partial charge on any atom is 0.150 e. The number of ether oxygens (including phenoxy) is 2. The highest BCUT2D eigenvalue weighted by Gasteiger charge is 2.42. The molecule has 1 aromatic rings. The highest BCUT2D eigenvalue weighted by molar-refractivity contribution is 9.11. The maximum absolute atomic E-state index is 6.04. The van der Waals surface area contributed by atoms with Gasteiger partial charge in [0.05, 0.1) is 14.6 Å². The first-order chi connectivity index (χ1) is 9.00. The van der Waals surface area contributed by atoms with E-state index in [1.165, 1.54) is 11.1 Å². The Labute approximate surface area is 129 Å². The molecule has 2 heterocycles. The van der Waals surface area contributed by atoms with E-state index in [1.54, 1.807) is 0 Å². The van der Waals surface area contributed by atoms with Crippen molar-refractivity contribution < 1.29 is 9.47 Å². The van der Waals surface area contributed by atoms with Crippen molar-refractivity contribution in [2.45, 2.75) is 38.7 Å². The molecule has 0 bridgehead atoms. The molecule has 1 aromatic carbocycles. The van der Waals surface area contributed by atoms with Gasteiger partial charge >= 0.3 is 0 Å². The average Bonchev–Trinajstić information content (AvgIpc) is 2.92. The fourth-order valence-electron chi connectivity index (χ4n) is 2.51. The van der Waals surface area contributed by atoms with Gasteiger partial charge in [-0.1, -0.05) is 0 Å². The lowest BCUT2D eigenvalue weighted by atomic mass is 10.1. The molecule has 3 unspecified atom stereocenters. The van der Waals surface area contributed by atoms with Crippen molar-refractivity contribution in [1.29, 1.82) is 0 Å². The highest BCUT2D eigenvalue weighted by atomic mass is 79.9.